The predicted octanol–water partition coefficient (Wildman–Crippen LogP) is 3.47. The van der Waals surface area contributed by atoms with Crippen LogP contribution in [0.15, 0.2) is 17.0 Å². The van der Waals surface area contributed by atoms with Gasteiger partial charge in [-0.05, 0) is 37.7 Å². The standard InChI is InChI=1S/C19H25F3N2O3S/c1-26-15-8-11(19(20,21)22)9-16(28-2)17(15)18(25)24-14-10-27-7-6-13(14)23-12-4-3-5-12/h8-9,12-14,23H,3-7,10H2,1-2H3,(H,24,25)/t13-,14-/m1/s1. The molecular weight excluding hydrogens is 393 g/mol. The minimum atomic E-state index is -4.51. The topological polar surface area (TPSA) is 59.6 Å². The molecule has 156 valence electrons. The maximum Gasteiger partial charge on any atom is 0.416 e. The van der Waals surface area contributed by atoms with Gasteiger partial charge in [-0.25, -0.2) is 0 Å². The molecule has 2 atom stereocenters. The second-order valence-electron chi connectivity index (χ2n) is 7.10. The average molecular weight is 418 g/mol. The Hall–Kier alpha value is -1.45. The lowest BCUT2D eigenvalue weighted by atomic mass is 9.90. The van der Waals surface area contributed by atoms with Gasteiger partial charge >= 0.3 is 6.18 Å². The first-order valence-electron chi connectivity index (χ1n) is 9.31. The van der Waals surface area contributed by atoms with E-state index in [-0.39, 0.29) is 28.3 Å². The fourth-order valence-electron chi connectivity index (χ4n) is 3.50. The third-order valence-corrected chi connectivity index (χ3v) is 6.05. The van der Waals surface area contributed by atoms with Crippen LogP contribution in [0.25, 0.3) is 0 Å². The number of amides is 1. The summed E-state index contributed by atoms with van der Waals surface area (Å²) in [5, 5.41) is 6.51. The third kappa shape index (κ3) is 4.75. The SMILES string of the molecule is COc1cc(C(F)(F)F)cc(SC)c1C(=O)N[C@@H]1COCC[C@H]1NC1CCC1. The molecule has 9 heteroatoms. The monoisotopic (exact) mass is 418 g/mol. The number of halogens is 3. The zero-order valence-corrected chi connectivity index (χ0v) is 16.7. The van der Waals surface area contributed by atoms with Crippen molar-refractivity contribution in [1.29, 1.82) is 0 Å². The molecular formula is C19H25F3N2O3S. The van der Waals surface area contributed by atoms with Crippen molar-refractivity contribution in [3.05, 3.63) is 23.3 Å². The van der Waals surface area contributed by atoms with E-state index in [0.717, 1.165) is 43.2 Å². The summed E-state index contributed by atoms with van der Waals surface area (Å²) in [6, 6.07) is 2.16. The number of carbonyl (C=O) groups is 1. The fraction of sp³-hybridized carbons (Fsp3) is 0.632. The van der Waals surface area contributed by atoms with E-state index in [4.69, 9.17) is 9.47 Å². The number of carbonyl (C=O) groups excluding carboxylic acids is 1. The van der Waals surface area contributed by atoms with Crippen molar-refractivity contribution in [2.75, 3.05) is 26.6 Å². The molecule has 1 aliphatic heterocycles. The van der Waals surface area contributed by atoms with E-state index in [1.807, 2.05) is 0 Å². The number of ether oxygens (including phenoxy) is 2. The Bertz CT molecular complexity index is 685. The summed E-state index contributed by atoms with van der Waals surface area (Å²) in [4.78, 5) is 13.2. The van der Waals surface area contributed by atoms with Crippen molar-refractivity contribution in [2.45, 2.75) is 54.9 Å². The lowest BCUT2D eigenvalue weighted by molar-refractivity contribution is -0.137. The van der Waals surface area contributed by atoms with Crippen molar-refractivity contribution in [3.8, 4) is 5.75 Å². The molecule has 1 heterocycles. The summed E-state index contributed by atoms with van der Waals surface area (Å²) in [6.45, 7) is 0.990. The molecule has 1 saturated heterocycles. The highest BCUT2D eigenvalue weighted by molar-refractivity contribution is 7.98. The molecule has 0 bridgehead atoms. The second-order valence-corrected chi connectivity index (χ2v) is 7.95. The lowest BCUT2D eigenvalue weighted by Crippen LogP contribution is -2.58. The number of hydrogen-bond acceptors (Lipinski definition) is 5. The van der Waals surface area contributed by atoms with Crippen LogP contribution >= 0.6 is 11.8 Å². The van der Waals surface area contributed by atoms with Crippen LogP contribution in [0.3, 0.4) is 0 Å². The van der Waals surface area contributed by atoms with Gasteiger partial charge < -0.3 is 20.1 Å². The van der Waals surface area contributed by atoms with Crippen LogP contribution in [0.2, 0.25) is 0 Å². The van der Waals surface area contributed by atoms with Gasteiger partial charge in [-0.2, -0.15) is 13.2 Å². The highest BCUT2D eigenvalue weighted by Gasteiger charge is 2.35. The predicted molar refractivity (Wildman–Crippen MR) is 101 cm³/mol. The highest BCUT2D eigenvalue weighted by Crippen LogP contribution is 2.38. The van der Waals surface area contributed by atoms with Gasteiger partial charge in [0.2, 0.25) is 0 Å². The number of rotatable bonds is 6. The molecule has 0 aromatic heterocycles. The number of methoxy groups -OCH3 is 1. The fourth-order valence-corrected chi connectivity index (χ4v) is 4.14. The molecule has 1 saturated carbocycles. The minimum absolute atomic E-state index is 0.0844. The molecule has 1 amide bonds. The van der Waals surface area contributed by atoms with E-state index >= 15 is 0 Å². The molecule has 1 aromatic carbocycles. The molecule has 0 unspecified atom stereocenters. The highest BCUT2D eigenvalue weighted by atomic mass is 32.2. The summed E-state index contributed by atoms with van der Waals surface area (Å²) in [5.74, 6) is -0.539. The third-order valence-electron chi connectivity index (χ3n) is 5.29. The average Bonchev–Trinajstić information content (AvgIpc) is 2.63. The van der Waals surface area contributed by atoms with Crippen LogP contribution in [0.5, 0.6) is 5.75 Å². The molecule has 2 N–H and O–H groups in total. The number of nitrogens with one attached hydrogen (secondary N) is 2. The molecule has 3 rings (SSSR count). The summed E-state index contributed by atoms with van der Waals surface area (Å²) >= 11 is 1.08. The first kappa shape index (κ1) is 21.3. The largest absolute Gasteiger partial charge is 0.496 e. The van der Waals surface area contributed by atoms with Crippen LogP contribution in [-0.2, 0) is 10.9 Å². The Morgan fingerprint density at radius 1 is 1.25 bits per heavy atom. The quantitative estimate of drug-likeness (QED) is 0.693. The van der Waals surface area contributed by atoms with Crippen molar-refractivity contribution >= 4 is 17.7 Å². The number of alkyl halides is 3. The Kier molecular flexibility index (Phi) is 6.77. The van der Waals surface area contributed by atoms with Crippen molar-refractivity contribution in [1.82, 2.24) is 10.6 Å². The van der Waals surface area contributed by atoms with Gasteiger partial charge in [0, 0.05) is 23.6 Å². The van der Waals surface area contributed by atoms with Gasteiger partial charge in [-0.3, -0.25) is 4.79 Å². The van der Waals surface area contributed by atoms with Gasteiger partial charge in [-0.15, -0.1) is 11.8 Å². The van der Waals surface area contributed by atoms with E-state index in [2.05, 4.69) is 10.6 Å². The van der Waals surface area contributed by atoms with Gasteiger partial charge in [0.15, 0.2) is 0 Å². The maximum atomic E-state index is 13.1. The molecule has 2 aliphatic rings. The normalized spacial score (nSPS) is 23.2. The zero-order valence-electron chi connectivity index (χ0n) is 15.9. The Labute approximate surface area is 166 Å². The molecule has 2 fully saturated rings. The second kappa shape index (κ2) is 8.92. The van der Waals surface area contributed by atoms with Crippen LogP contribution in [0, 0.1) is 0 Å². The summed E-state index contributed by atoms with van der Waals surface area (Å²) in [7, 11) is 1.26. The zero-order chi connectivity index (χ0) is 20.3. The maximum absolute atomic E-state index is 13.1. The smallest absolute Gasteiger partial charge is 0.416 e. The number of benzene rings is 1. The van der Waals surface area contributed by atoms with Crippen LogP contribution in [-0.4, -0.2) is 50.6 Å². The van der Waals surface area contributed by atoms with Gasteiger partial charge in [0.1, 0.15) is 5.75 Å². The summed E-state index contributed by atoms with van der Waals surface area (Å²) in [6.07, 6.45) is 1.36. The van der Waals surface area contributed by atoms with E-state index < -0.39 is 17.6 Å². The molecule has 28 heavy (non-hydrogen) atoms. The summed E-state index contributed by atoms with van der Waals surface area (Å²) in [5.41, 5.74) is -0.716. The lowest BCUT2D eigenvalue weighted by Gasteiger charge is -2.38. The number of thioether (sulfide) groups is 1. The minimum Gasteiger partial charge on any atom is -0.496 e. The van der Waals surface area contributed by atoms with Crippen LogP contribution in [0.4, 0.5) is 13.2 Å². The van der Waals surface area contributed by atoms with E-state index in [1.54, 1.807) is 6.26 Å². The van der Waals surface area contributed by atoms with E-state index in [1.165, 1.54) is 13.5 Å². The van der Waals surface area contributed by atoms with Crippen molar-refractivity contribution in [2.24, 2.45) is 0 Å². The van der Waals surface area contributed by atoms with Gasteiger partial charge in [0.05, 0.1) is 30.9 Å². The molecule has 0 radical (unpaired) electrons. The first-order chi connectivity index (χ1) is 13.3. The van der Waals surface area contributed by atoms with Gasteiger partial charge in [-0.1, -0.05) is 6.42 Å². The first-order valence-corrected chi connectivity index (χ1v) is 10.5. The molecule has 1 aromatic rings. The Morgan fingerprint density at radius 3 is 2.57 bits per heavy atom. The van der Waals surface area contributed by atoms with Gasteiger partial charge in [0.25, 0.3) is 5.91 Å². The number of hydrogen-bond donors (Lipinski definition) is 2. The van der Waals surface area contributed by atoms with Crippen molar-refractivity contribution < 1.29 is 27.4 Å². The van der Waals surface area contributed by atoms with E-state index in [9.17, 15) is 18.0 Å². The molecule has 5 nitrogen and oxygen atoms in total. The molecule has 1 aliphatic carbocycles. The van der Waals surface area contributed by atoms with E-state index in [0.29, 0.717) is 19.3 Å². The van der Waals surface area contributed by atoms with Crippen molar-refractivity contribution in [3.63, 3.8) is 0 Å². The summed E-state index contributed by atoms with van der Waals surface area (Å²) < 4.78 is 50.1. The molecule has 0 spiro atoms. The Morgan fingerprint density at radius 2 is 2.00 bits per heavy atom. The van der Waals surface area contributed by atoms with Crippen LogP contribution < -0.4 is 15.4 Å². The Balaban J connectivity index is 1.82. The van der Waals surface area contributed by atoms with Crippen LogP contribution in [0.1, 0.15) is 41.6 Å².